The van der Waals surface area contributed by atoms with Crippen molar-refractivity contribution in [3.8, 4) is 0 Å². The highest BCUT2D eigenvalue weighted by atomic mass is 16.2. The summed E-state index contributed by atoms with van der Waals surface area (Å²) in [6.07, 6.45) is 1.28. The predicted molar refractivity (Wildman–Crippen MR) is 91.8 cm³/mol. The first kappa shape index (κ1) is 15.1. The number of benzene rings is 2. The summed E-state index contributed by atoms with van der Waals surface area (Å²) in [5, 5.41) is 0. The number of imide groups is 1. The van der Waals surface area contributed by atoms with Crippen molar-refractivity contribution in [3.63, 3.8) is 0 Å². The van der Waals surface area contributed by atoms with Crippen LogP contribution in [0.5, 0.6) is 0 Å². The number of carbonyl (C=O) groups excluding carboxylic acids is 2. The van der Waals surface area contributed by atoms with E-state index in [9.17, 15) is 9.59 Å². The van der Waals surface area contributed by atoms with Crippen LogP contribution in [0.1, 0.15) is 23.1 Å². The molecule has 0 bridgehead atoms. The van der Waals surface area contributed by atoms with Gasteiger partial charge in [0.25, 0.3) is 5.91 Å². The van der Waals surface area contributed by atoms with Crippen LogP contribution < -0.4 is 9.80 Å². The Bertz CT molecular complexity index is 798. The molecule has 24 heavy (non-hydrogen) atoms. The summed E-state index contributed by atoms with van der Waals surface area (Å²) in [6, 6.07) is 15.7. The molecule has 2 atom stereocenters. The minimum Gasteiger partial charge on any atom is -0.320 e. The molecule has 0 saturated carbocycles. The highest BCUT2D eigenvalue weighted by Gasteiger charge is 2.46. The van der Waals surface area contributed by atoms with Gasteiger partial charge < -0.3 is 4.90 Å². The third kappa shape index (κ3) is 2.53. The van der Waals surface area contributed by atoms with Gasteiger partial charge in [0.2, 0.25) is 5.91 Å². The lowest BCUT2D eigenvalue weighted by atomic mass is 9.98. The van der Waals surface area contributed by atoms with Crippen LogP contribution in [0, 0.1) is 6.92 Å². The van der Waals surface area contributed by atoms with Crippen molar-refractivity contribution < 1.29 is 14.5 Å². The van der Waals surface area contributed by atoms with Gasteiger partial charge in [0.05, 0.1) is 18.7 Å². The molecule has 2 aliphatic rings. The Morgan fingerprint density at radius 2 is 1.71 bits per heavy atom. The summed E-state index contributed by atoms with van der Waals surface area (Å²) in [5.41, 5.74) is 4.48. The van der Waals surface area contributed by atoms with Gasteiger partial charge in [-0.15, -0.1) is 0 Å². The molecule has 4 rings (SSSR count). The van der Waals surface area contributed by atoms with E-state index in [1.54, 1.807) is 0 Å². The second-order valence-electron chi connectivity index (χ2n) is 6.76. The number of hydrogen-bond acceptors (Lipinski definition) is 2. The average molecular weight is 321 g/mol. The van der Waals surface area contributed by atoms with E-state index in [2.05, 4.69) is 18.2 Å². The lowest BCUT2D eigenvalue weighted by molar-refractivity contribution is -0.930. The normalized spacial score (nSPS) is 23.5. The van der Waals surface area contributed by atoms with Crippen LogP contribution in [-0.2, 0) is 22.6 Å². The van der Waals surface area contributed by atoms with Gasteiger partial charge in [-0.25, -0.2) is 4.90 Å². The van der Waals surface area contributed by atoms with E-state index in [1.165, 1.54) is 20.9 Å². The summed E-state index contributed by atoms with van der Waals surface area (Å²) in [5.74, 6) is -0.140. The fourth-order valence-electron chi connectivity index (χ4n) is 3.82. The number of rotatable bonds is 2. The molecular weight excluding hydrogens is 300 g/mol. The Hall–Kier alpha value is -2.46. The van der Waals surface area contributed by atoms with Gasteiger partial charge in [0.15, 0.2) is 6.04 Å². The number of anilines is 1. The standard InChI is InChI=1S/C20H20N2O2/c1-14-6-8-17(9-7-14)22-19(23)12-18(20(22)24)21-11-10-15-4-2-3-5-16(15)13-21/h2-9,18H,10-13H2,1H3/p+1/t18-/m1/s1. The molecule has 2 aromatic carbocycles. The zero-order valence-electron chi connectivity index (χ0n) is 13.8. The van der Waals surface area contributed by atoms with Crippen LogP contribution in [0.2, 0.25) is 0 Å². The zero-order valence-corrected chi connectivity index (χ0v) is 13.8. The van der Waals surface area contributed by atoms with Gasteiger partial charge in [-0.1, -0.05) is 42.0 Å². The van der Waals surface area contributed by atoms with E-state index in [0.29, 0.717) is 12.1 Å². The number of aryl methyl sites for hydroxylation is 1. The molecule has 2 amide bonds. The molecule has 2 aliphatic heterocycles. The van der Waals surface area contributed by atoms with Gasteiger partial charge in [0, 0.05) is 12.0 Å². The highest BCUT2D eigenvalue weighted by Crippen LogP contribution is 2.23. The summed E-state index contributed by atoms with van der Waals surface area (Å²) >= 11 is 0. The maximum Gasteiger partial charge on any atom is 0.292 e. The van der Waals surface area contributed by atoms with E-state index in [0.717, 1.165) is 25.1 Å². The van der Waals surface area contributed by atoms with Crippen molar-refractivity contribution in [3.05, 3.63) is 65.2 Å². The number of nitrogens with zero attached hydrogens (tertiary/aromatic N) is 1. The summed E-state index contributed by atoms with van der Waals surface area (Å²) in [6.45, 7) is 3.72. The smallest absolute Gasteiger partial charge is 0.292 e. The fourth-order valence-corrected chi connectivity index (χ4v) is 3.82. The van der Waals surface area contributed by atoms with E-state index in [-0.39, 0.29) is 17.9 Å². The van der Waals surface area contributed by atoms with Crippen molar-refractivity contribution >= 4 is 17.5 Å². The fraction of sp³-hybridized carbons (Fsp3) is 0.300. The number of fused-ring (bicyclic) bond motifs is 1. The largest absolute Gasteiger partial charge is 0.320 e. The van der Waals surface area contributed by atoms with Crippen LogP contribution in [0.25, 0.3) is 0 Å². The van der Waals surface area contributed by atoms with Crippen molar-refractivity contribution in [2.24, 2.45) is 0 Å². The third-order valence-corrected chi connectivity index (χ3v) is 5.18. The van der Waals surface area contributed by atoms with Crippen LogP contribution in [-0.4, -0.2) is 24.4 Å². The lowest BCUT2D eigenvalue weighted by Crippen LogP contribution is -3.16. The number of quaternary nitrogens is 1. The molecule has 122 valence electrons. The average Bonchev–Trinajstić information content (AvgIpc) is 2.90. The molecular formula is C20H21N2O2+. The molecule has 1 N–H and O–H groups in total. The second kappa shape index (κ2) is 5.87. The Morgan fingerprint density at radius 1 is 1.00 bits per heavy atom. The molecule has 2 aromatic rings. The molecule has 0 aliphatic carbocycles. The minimum absolute atomic E-state index is 0.0572. The number of carbonyl (C=O) groups is 2. The SMILES string of the molecule is Cc1ccc(N2C(=O)C[C@@H]([NH+]3CCc4ccccc4C3)C2=O)cc1. The van der Waals surface area contributed by atoms with Gasteiger partial charge >= 0.3 is 0 Å². The molecule has 4 heteroatoms. The molecule has 0 radical (unpaired) electrons. The van der Waals surface area contributed by atoms with E-state index < -0.39 is 0 Å². The van der Waals surface area contributed by atoms with Crippen LogP contribution in [0.15, 0.2) is 48.5 Å². The Labute approximate surface area is 141 Å². The predicted octanol–water partition coefficient (Wildman–Crippen LogP) is 1.27. The highest BCUT2D eigenvalue weighted by molar-refractivity contribution is 6.21. The second-order valence-corrected chi connectivity index (χ2v) is 6.76. The van der Waals surface area contributed by atoms with Crippen LogP contribution in [0.4, 0.5) is 5.69 Å². The minimum atomic E-state index is -0.257. The maximum absolute atomic E-state index is 12.9. The van der Waals surface area contributed by atoms with E-state index >= 15 is 0 Å². The molecule has 0 aromatic heterocycles. The first-order valence-electron chi connectivity index (χ1n) is 8.48. The first-order chi connectivity index (χ1) is 11.6. The van der Waals surface area contributed by atoms with Gasteiger partial charge in [-0.2, -0.15) is 0 Å². The van der Waals surface area contributed by atoms with E-state index in [1.807, 2.05) is 37.3 Å². The number of nitrogens with one attached hydrogen (secondary N) is 1. The molecule has 0 spiro atoms. The van der Waals surface area contributed by atoms with Gasteiger partial charge in [0.1, 0.15) is 6.54 Å². The first-order valence-corrected chi connectivity index (χ1v) is 8.48. The Morgan fingerprint density at radius 3 is 2.46 bits per heavy atom. The van der Waals surface area contributed by atoms with Crippen molar-refractivity contribution in [2.75, 3.05) is 11.4 Å². The van der Waals surface area contributed by atoms with Gasteiger partial charge in [-0.05, 0) is 24.6 Å². The Balaban J connectivity index is 1.57. The summed E-state index contributed by atoms with van der Waals surface area (Å²) < 4.78 is 0. The zero-order chi connectivity index (χ0) is 16.7. The number of amides is 2. The van der Waals surface area contributed by atoms with Crippen molar-refractivity contribution in [1.29, 1.82) is 0 Å². The topological polar surface area (TPSA) is 41.8 Å². The van der Waals surface area contributed by atoms with Crippen molar-refractivity contribution in [2.45, 2.75) is 32.4 Å². The third-order valence-electron chi connectivity index (χ3n) is 5.18. The van der Waals surface area contributed by atoms with Crippen LogP contribution >= 0.6 is 0 Å². The van der Waals surface area contributed by atoms with E-state index in [4.69, 9.17) is 0 Å². The molecule has 1 saturated heterocycles. The van der Waals surface area contributed by atoms with Crippen LogP contribution in [0.3, 0.4) is 0 Å². The maximum atomic E-state index is 12.9. The summed E-state index contributed by atoms with van der Waals surface area (Å²) in [7, 11) is 0. The molecule has 2 heterocycles. The quantitative estimate of drug-likeness (QED) is 0.847. The summed E-state index contributed by atoms with van der Waals surface area (Å²) in [4.78, 5) is 27.9. The number of hydrogen-bond donors (Lipinski definition) is 1. The monoisotopic (exact) mass is 321 g/mol. The Kier molecular flexibility index (Phi) is 3.69. The molecule has 1 fully saturated rings. The lowest BCUT2D eigenvalue weighted by Gasteiger charge is -2.29. The molecule has 1 unspecified atom stereocenters. The van der Waals surface area contributed by atoms with Crippen molar-refractivity contribution in [1.82, 2.24) is 0 Å². The molecule has 4 nitrogen and oxygen atoms in total. The van der Waals surface area contributed by atoms with Gasteiger partial charge in [-0.3, -0.25) is 9.59 Å².